The largest absolute Gasteiger partial charge is 0.351 e. The van der Waals surface area contributed by atoms with Crippen molar-refractivity contribution in [2.45, 2.75) is 40.4 Å². The van der Waals surface area contributed by atoms with Crippen LogP contribution in [0, 0.1) is 5.92 Å². The Kier molecular flexibility index (Phi) is 5.89. The van der Waals surface area contributed by atoms with E-state index in [1.807, 2.05) is 0 Å². The third-order valence-electron chi connectivity index (χ3n) is 4.52. The second kappa shape index (κ2) is 8.32. The molecule has 0 unspecified atom stereocenters. The van der Waals surface area contributed by atoms with Crippen molar-refractivity contribution in [2.75, 3.05) is 13.1 Å². The van der Waals surface area contributed by atoms with Gasteiger partial charge in [0.25, 0.3) is 0 Å². The topological polar surface area (TPSA) is 50.2 Å². The van der Waals surface area contributed by atoms with Gasteiger partial charge < -0.3 is 5.32 Å². The molecule has 2 heterocycles. The Morgan fingerprint density at radius 3 is 2.73 bits per heavy atom. The summed E-state index contributed by atoms with van der Waals surface area (Å²) in [5.41, 5.74) is 4.82. The number of amides is 1. The average molecular weight is 352 g/mol. The number of fused-ring (bicyclic) bond motifs is 1. The van der Waals surface area contributed by atoms with Crippen LogP contribution in [0.2, 0.25) is 0 Å². The first-order chi connectivity index (χ1) is 12.5. The van der Waals surface area contributed by atoms with Crippen molar-refractivity contribution in [3.05, 3.63) is 59.4 Å². The van der Waals surface area contributed by atoms with Crippen LogP contribution in [0.4, 0.5) is 0 Å². The van der Waals surface area contributed by atoms with Crippen molar-refractivity contribution in [1.82, 2.24) is 20.0 Å². The standard InChI is InChI=1S/C21H28N4O/c1-16(2)11-19(18-7-5-4-6-8-18)14-24-9-10-25-21(15-24)12-20(23-25)13-22-17(3)26/h4-8,11-12,16H,9-10,13-15H2,1-3H3,(H,22,26)/b19-11+. The second-order valence-corrected chi connectivity index (χ2v) is 7.27. The molecule has 1 aromatic carbocycles. The molecule has 0 bridgehead atoms. The minimum absolute atomic E-state index is 0.0241. The molecule has 3 rings (SSSR count). The molecule has 5 nitrogen and oxygen atoms in total. The Balaban J connectivity index is 1.70. The van der Waals surface area contributed by atoms with Gasteiger partial charge in [-0.1, -0.05) is 50.3 Å². The van der Waals surface area contributed by atoms with Gasteiger partial charge in [0.05, 0.1) is 24.5 Å². The van der Waals surface area contributed by atoms with E-state index in [4.69, 9.17) is 0 Å². The van der Waals surface area contributed by atoms with Crippen LogP contribution in [0.15, 0.2) is 42.5 Å². The molecule has 1 aliphatic rings. The Morgan fingerprint density at radius 2 is 2.04 bits per heavy atom. The Bertz CT molecular complexity index is 777. The monoisotopic (exact) mass is 352 g/mol. The predicted octanol–water partition coefficient (Wildman–Crippen LogP) is 3.07. The van der Waals surface area contributed by atoms with Crippen molar-refractivity contribution in [2.24, 2.45) is 5.92 Å². The highest BCUT2D eigenvalue weighted by atomic mass is 16.1. The number of carbonyl (C=O) groups is 1. The third kappa shape index (κ3) is 4.82. The Labute approximate surface area is 155 Å². The predicted molar refractivity (Wildman–Crippen MR) is 104 cm³/mol. The van der Waals surface area contributed by atoms with Gasteiger partial charge in [-0.3, -0.25) is 14.4 Å². The summed E-state index contributed by atoms with van der Waals surface area (Å²) < 4.78 is 2.07. The minimum atomic E-state index is -0.0241. The quantitative estimate of drug-likeness (QED) is 0.869. The van der Waals surface area contributed by atoms with Gasteiger partial charge in [0, 0.05) is 26.6 Å². The SMILES string of the molecule is CC(=O)NCc1cc2n(n1)CCN(C/C(=C\C(C)C)c1ccccc1)C2. The van der Waals surface area contributed by atoms with E-state index in [0.29, 0.717) is 12.5 Å². The fourth-order valence-corrected chi connectivity index (χ4v) is 3.35. The van der Waals surface area contributed by atoms with E-state index in [-0.39, 0.29) is 5.91 Å². The van der Waals surface area contributed by atoms with Crippen LogP contribution < -0.4 is 5.32 Å². The maximum atomic E-state index is 11.1. The van der Waals surface area contributed by atoms with Crippen LogP contribution >= 0.6 is 0 Å². The number of hydrogen-bond donors (Lipinski definition) is 1. The van der Waals surface area contributed by atoms with Crippen LogP contribution in [-0.2, 0) is 24.4 Å². The van der Waals surface area contributed by atoms with Gasteiger partial charge in [-0.15, -0.1) is 0 Å². The highest BCUT2D eigenvalue weighted by Gasteiger charge is 2.19. The van der Waals surface area contributed by atoms with E-state index in [0.717, 1.165) is 31.9 Å². The lowest BCUT2D eigenvalue weighted by Gasteiger charge is -2.28. The van der Waals surface area contributed by atoms with Gasteiger partial charge in [-0.25, -0.2) is 0 Å². The molecule has 1 N–H and O–H groups in total. The molecule has 26 heavy (non-hydrogen) atoms. The van der Waals surface area contributed by atoms with Crippen LogP contribution in [0.5, 0.6) is 0 Å². The first-order valence-electron chi connectivity index (χ1n) is 9.30. The van der Waals surface area contributed by atoms with Gasteiger partial charge in [0.2, 0.25) is 5.91 Å². The fraction of sp³-hybridized carbons (Fsp3) is 0.429. The van der Waals surface area contributed by atoms with Crippen molar-refractivity contribution in [1.29, 1.82) is 0 Å². The van der Waals surface area contributed by atoms with Crippen molar-refractivity contribution in [3.8, 4) is 0 Å². The Morgan fingerprint density at radius 1 is 1.27 bits per heavy atom. The van der Waals surface area contributed by atoms with Crippen molar-refractivity contribution in [3.63, 3.8) is 0 Å². The lowest BCUT2D eigenvalue weighted by molar-refractivity contribution is -0.119. The first kappa shape index (κ1) is 18.4. The highest BCUT2D eigenvalue weighted by molar-refractivity contribution is 5.72. The maximum absolute atomic E-state index is 11.1. The zero-order valence-corrected chi connectivity index (χ0v) is 15.9. The average Bonchev–Trinajstić information content (AvgIpc) is 3.02. The first-order valence-corrected chi connectivity index (χ1v) is 9.30. The molecule has 1 aliphatic heterocycles. The van der Waals surface area contributed by atoms with Crippen LogP contribution in [0.1, 0.15) is 37.7 Å². The highest BCUT2D eigenvalue weighted by Crippen LogP contribution is 2.21. The molecule has 0 aliphatic carbocycles. The van der Waals surface area contributed by atoms with Gasteiger partial charge >= 0.3 is 0 Å². The van der Waals surface area contributed by atoms with Gasteiger partial charge in [0.1, 0.15) is 0 Å². The normalized spacial score (nSPS) is 15.2. The van der Waals surface area contributed by atoms with Crippen molar-refractivity contribution >= 4 is 11.5 Å². The molecule has 138 valence electrons. The molecule has 0 atom stereocenters. The van der Waals surface area contributed by atoms with E-state index < -0.39 is 0 Å². The van der Waals surface area contributed by atoms with Crippen LogP contribution in [0.25, 0.3) is 5.57 Å². The van der Waals surface area contributed by atoms with Gasteiger partial charge in [0.15, 0.2) is 0 Å². The van der Waals surface area contributed by atoms with Crippen LogP contribution in [-0.4, -0.2) is 33.7 Å². The third-order valence-corrected chi connectivity index (χ3v) is 4.52. The number of benzene rings is 1. The lowest BCUT2D eigenvalue weighted by atomic mass is 10.0. The molecule has 0 spiro atoms. The number of carbonyl (C=O) groups excluding carboxylic acids is 1. The molecular weight excluding hydrogens is 324 g/mol. The maximum Gasteiger partial charge on any atom is 0.217 e. The van der Waals surface area contributed by atoms with E-state index in [1.54, 1.807) is 0 Å². The molecular formula is C21H28N4O. The summed E-state index contributed by atoms with van der Waals surface area (Å²) in [6, 6.07) is 12.7. The van der Waals surface area contributed by atoms with Gasteiger partial charge in [-0.05, 0) is 23.1 Å². The molecule has 1 aromatic heterocycles. The zero-order chi connectivity index (χ0) is 18.5. The number of aromatic nitrogens is 2. The molecule has 0 fully saturated rings. The summed E-state index contributed by atoms with van der Waals surface area (Å²) in [6.45, 7) is 10.2. The molecule has 0 saturated heterocycles. The van der Waals surface area contributed by atoms with E-state index >= 15 is 0 Å². The molecule has 0 radical (unpaired) electrons. The summed E-state index contributed by atoms with van der Waals surface area (Å²) in [7, 11) is 0. The van der Waals surface area contributed by atoms with Crippen molar-refractivity contribution < 1.29 is 4.79 Å². The number of hydrogen-bond acceptors (Lipinski definition) is 3. The molecule has 0 saturated carbocycles. The summed E-state index contributed by atoms with van der Waals surface area (Å²) in [5.74, 6) is 0.494. The summed E-state index contributed by atoms with van der Waals surface area (Å²) in [6.07, 6.45) is 2.36. The zero-order valence-electron chi connectivity index (χ0n) is 15.9. The molecule has 2 aromatic rings. The molecule has 5 heteroatoms. The fourth-order valence-electron chi connectivity index (χ4n) is 3.35. The minimum Gasteiger partial charge on any atom is -0.351 e. The Hall–Kier alpha value is -2.40. The van der Waals surface area contributed by atoms with E-state index in [1.165, 1.54) is 23.8 Å². The lowest BCUT2D eigenvalue weighted by Crippen LogP contribution is -2.35. The van der Waals surface area contributed by atoms with E-state index in [9.17, 15) is 4.79 Å². The number of nitrogens with zero attached hydrogens (tertiary/aromatic N) is 3. The number of rotatable bonds is 6. The number of nitrogens with one attached hydrogen (secondary N) is 1. The summed E-state index contributed by atoms with van der Waals surface area (Å²) >= 11 is 0. The van der Waals surface area contributed by atoms with Crippen LogP contribution in [0.3, 0.4) is 0 Å². The van der Waals surface area contributed by atoms with Gasteiger partial charge in [-0.2, -0.15) is 5.10 Å². The summed E-state index contributed by atoms with van der Waals surface area (Å²) in [5, 5.41) is 7.42. The van der Waals surface area contributed by atoms with E-state index in [2.05, 4.69) is 76.3 Å². The number of allylic oxidation sites excluding steroid dienone is 1. The second-order valence-electron chi connectivity index (χ2n) is 7.27. The smallest absolute Gasteiger partial charge is 0.217 e. The summed E-state index contributed by atoms with van der Waals surface area (Å²) in [4.78, 5) is 13.6. The molecule has 1 amide bonds.